The van der Waals surface area contributed by atoms with Crippen LogP contribution in [0, 0.1) is 6.92 Å². The van der Waals surface area contributed by atoms with Gasteiger partial charge in [-0.25, -0.2) is 4.79 Å². The van der Waals surface area contributed by atoms with Gasteiger partial charge in [0.05, 0.1) is 0 Å². The molecule has 1 unspecified atom stereocenters. The van der Waals surface area contributed by atoms with Crippen molar-refractivity contribution >= 4 is 23.0 Å². The van der Waals surface area contributed by atoms with Gasteiger partial charge < -0.3 is 10.1 Å². The molecule has 4 nitrogen and oxygen atoms in total. The van der Waals surface area contributed by atoms with Crippen LogP contribution in [0.3, 0.4) is 0 Å². The first kappa shape index (κ1) is 11.0. The fourth-order valence-electron chi connectivity index (χ4n) is 1.31. The number of carbonyl (C=O) groups is 2. The van der Waals surface area contributed by atoms with Crippen LogP contribution in [0.25, 0.3) is 0 Å². The van der Waals surface area contributed by atoms with Crippen LogP contribution >= 0.6 is 11.8 Å². The van der Waals surface area contributed by atoms with Crippen molar-refractivity contribution in [2.75, 3.05) is 5.75 Å². The highest BCUT2D eigenvalue weighted by atomic mass is 32.2. The summed E-state index contributed by atoms with van der Waals surface area (Å²) >= 11 is 1.10. The third kappa shape index (κ3) is 2.55. The summed E-state index contributed by atoms with van der Waals surface area (Å²) in [5.41, 5.74) is 1.10. The molecule has 5 heteroatoms. The van der Waals surface area contributed by atoms with E-state index in [9.17, 15) is 9.59 Å². The van der Waals surface area contributed by atoms with E-state index in [0.717, 1.165) is 17.3 Å². The Balaban J connectivity index is 1.97. The molecule has 1 aromatic rings. The number of aryl methyl sites for hydroxylation is 1. The number of hydrogen-bond donors (Lipinski definition) is 1. The maximum absolute atomic E-state index is 11.6. The van der Waals surface area contributed by atoms with Gasteiger partial charge in [0.2, 0.25) is 0 Å². The molecule has 0 saturated carbocycles. The zero-order valence-corrected chi connectivity index (χ0v) is 9.54. The molecule has 0 aliphatic carbocycles. The maximum Gasteiger partial charge on any atom is 0.334 e. The van der Waals surface area contributed by atoms with Gasteiger partial charge in [-0.2, -0.15) is 0 Å². The number of amides is 1. The summed E-state index contributed by atoms with van der Waals surface area (Å²) in [6.45, 7) is 1.96. The summed E-state index contributed by atoms with van der Waals surface area (Å²) in [6, 6.07) is 6.67. The van der Waals surface area contributed by atoms with Gasteiger partial charge >= 0.3 is 5.97 Å². The van der Waals surface area contributed by atoms with E-state index < -0.39 is 12.0 Å². The minimum absolute atomic E-state index is 0.175. The van der Waals surface area contributed by atoms with Crippen LogP contribution in [0.4, 0.5) is 4.79 Å². The molecule has 2 rings (SSSR count). The van der Waals surface area contributed by atoms with Crippen LogP contribution in [0.15, 0.2) is 24.3 Å². The van der Waals surface area contributed by atoms with E-state index in [0.29, 0.717) is 11.5 Å². The number of rotatable bonds is 2. The Morgan fingerprint density at radius 1 is 1.44 bits per heavy atom. The van der Waals surface area contributed by atoms with Gasteiger partial charge in [0.15, 0.2) is 0 Å². The smallest absolute Gasteiger partial charge is 0.334 e. The summed E-state index contributed by atoms with van der Waals surface area (Å²) in [5.74, 6) is 0.521. The first-order chi connectivity index (χ1) is 7.65. The van der Waals surface area contributed by atoms with Crippen molar-refractivity contribution in [1.29, 1.82) is 0 Å². The largest absolute Gasteiger partial charge is 0.425 e. The molecule has 1 aromatic carbocycles. The van der Waals surface area contributed by atoms with Crippen molar-refractivity contribution in [2.45, 2.75) is 13.0 Å². The summed E-state index contributed by atoms with van der Waals surface area (Å²) < 4.78 is 5.13. The Hall–Kier alpha value is -1.49. The van der Waals surface area contributed by atoms with E-state index in [-0.39, 0.29) is 5.24 Å². The van der Waals surface area contributed by atoms with Crippen molar-refractivity contribution in [1.82, 2.24) is 5.32 Å². The molecule has 16 heavy (non-hydrogen) atoms. The van der Waals surface area contributed by atoms with Crippen molar-refractivity contribution in [3.05, 3.63) is 29.8 Å². The van der Waals surface area contributed by atoms with Gasteiger partial charge in [-0.3, -0.25) is 4.79 Å². The monoisotopic (exact) mass is 237 g/mol. The van der Waals surface area contributed by atoms with E-state index in [1.807, 2.05) is 19.1 Å². The molecule has 84 valence electrons. The summed E-state index contributed by atoms with van der Waals surface area (Å²) in [7, 11) is 0. The van der Waals surface area contributed by atoms with E-state index in [4.69, 9.17) is 4.74 Å². The molecule has 1 aliphatic heterocycles. The van der Waals surface area contributed by atoms with E-state index >= 15 is 0 Å². The summed E-state index contributed by atoms with van der Waals surface area (Å²) in [4.78, 5) is 22.5. The lowest BCUT2D eigenvalue weighted by atomic mass is 10.2. The topological polar surface area (TPSA) is 55.4 Å². The first-order valence-electron chi connectivity index (χ1n) is 4.87. The average Bonchev–Trinajstić information content (AvgIpc) is 2.68. The molecule has 1 aliphatic rings. The van der Waals surface area contributed by atoms with Crippen molar-refractivity contribution < 1.29 is 14.3 Å². The van der Waals surface area contributed by atoms with Gasteiger partial charge in [0, 0.05) is 5.75 Å². The van der Waals surface area contributed by atoms with E-state index in [1.165, 1.54) is 0 Å². The Morgan fingerprint density at radius 2 is 2.12 bits per heavy atom. The number of hydrogen-bond acceptors (Lipinski definition) is 4. The molecule has 0 radical (unpaired) electrons. The normalized spacial score (nSPS) is 19.3. The second-order valence-electron chi connectivity index (χ2n) is 3.53. The van der Waals surface area contributed by atoms with Crippen LogP contribution in [0.5, 0.6) is 5.75 Å². The number of nitrogens with one attached hydrogen (secondary N) is 1. The van der Waals surface area contributed by atoms with Crippen LogP contribution in [-0.4, -0.2) is 23.0 Å². The predicted octanol–water partition coefficient (Wildman–Crippen LogP) is 1.73. The predicted molar refractivity (Wildman–Crippen MR) is 61.6 cm³/mol. The molecule has 1 saturated heterocycles. The molecule has 1 atom stereocenters. The SMILES string of the molecule is Cc1ccc(OC(=O)C2CSC(=O)N2)cc1. The molecular formula is C11H11NO3S. The number of carbonyl (C=O) groups excluding carboxylic acids is 2. The fourth-order valence-corrected chi connectivity index (χ4v) is 2.07. The Labute approximate surface area is 97.4 Å². The van der Waals surface area contributed by atoms with Gasteiger partial charge in [0.25, 0.3) is 5.24 Å². The van der Waals surface area contributed by atoms with E-state index in [1.54, 1.807) is 12.1 Å². The molecule has 1 heterocycles. The lowest BCUT2D eigenvalue weighted by molar-refractivity contribution is -0.135. The number of ether oxygens (including phenoxy) is 1. The van der Waals surface area contributed by atoms with Gasteiger partial charge in [-0.05, 0) is 19.1 Å². The highest BCUT2D eigenvalue weighted by Gasteiger charge is 2.29. The second kappa shape index (κ2) is 4.57. The molecule has 0 spiro atoms. The van der Waals surface area contributed by atoms with Crippen LogP contribution in [0.2, 0.25) is 0 Å². The number of benzene rings is 1. The molecule has 0 bridgehead atoms. The van der Waals surface area contributed by atoms with Crippen molar-refractivity contribution in [2.24, 2.45) is 0 Å². The number of thioether (sulfide) groups is 1. The average molecular weight is 237 g/mol. The molecule has 1 amide bonds. The van der Waals surface area contributed by atoms with E-state index in [2.05, 4.69) is 5.32 Å². The fraction of sp³-hybridized carbons (Fsp3) is 0.273. The minimum Gasteiger partial charge on any atom is -0.425 e. The zero-order chi connectivity index (χ0) is 11.5. The summed E-state index contributed by atoms with van der Waals surface area (Å²) in [5, 5.41) is 2.36. The number of esters is 1. The molecule has 1 N–H and O–H groups in total. The van der Waals surface area contributed by atoms with Crippen LogP contribution < -0.4 is 10.1 Å². The Bertz CT molecular complexity index is 416. The minimum atomic E-state index is -0.529. The Kier molecular flexibility index (Phi) is 3.14. The first-order valence-corrected chi connectivity index (χ1v) is 5.85. The summed E-state index contributed by atoms with van der Waals surface area (Å²) in [6.07, 6.45) is 0. The lowest BCUT2D eigenvalue weighted by Crippen LogP contribution is -2.37. The van der Waals surface area contributed by atoms with Crippen molar-refractivity contribution in [3.63, 3.8) is 0 Å². The molecule has 0 aromatic heterocycles. The maximum atomic E-state index is 11.6. The standard InChI is InChI=1S/C11H11NO3S/c1-7-2-4-8(5-3-7)15-10(13)9-6-16-11(14)12-9/h2-5,9H,6H2,1H3,(H,12,14). The van der Waals surface area contributed by atoms with Gasteiger partial charge in [-0.1, -0.05) is 29.5 Å². The molecule has 1 fully saturated rings. The Morgan fingerprint density at radius 3 is 2.69 bits per heavy atom. The second-order valence-corrected chi connectivity index (χ2v) is 4.52. The third-order valence-electron chi connectivity index (χ3n) is 2.20. The highest BCUT2D eigenvalue weighted by molar-refractivity contribution is 8.14. The van der Waals surface area contributed by atoms with Crippen LogP contribution in [-0.2, 0) is 4.79 Å². The quantitative estimate of drug-likeness (QED) is 0.628. The van der Waals surface area contributed by atoms with Crippen LogP contribution in [0.1, 0.15) is 5.56 Å². The zero-order valence-electron chi connectivity index (χ0n) is 8.73. The molecular weight excluding hydrogens is 226 g/mol. The van der Waals surface area contributed by atoms with Gasteiger partial charge in [0.1, 0.15) is 11.8 Å². The van der Waals surface area contributed by atoms with Crippen molar-refractivity contribution in [3.8, 4) is 5.75 Å². The third-order valence-corrected chi connectivity index (χ3v) is 3.08. The highest BCUT2D eigenvalue weighted by Crippen LogP contribution is 2.17. The van der Waals surface area contributed by atoms with Gasteiger partial charge in [-0.15, -0.1) is 0 Å². The lowest BCUT2D eigenvalue weighted by Gasteiger charge is -2.08.